The zero-order valence-corrected chi connectivity index (χ0v) is 9.68. The van der Waals surface area contributed by atoms with E-state index in [1.54, 1.807) is 0 Å². The molecule has 1 saturated heterocycles. The van der Waals surface area contributed by atoms with Crippen LogP contribution in [0.25, 0.3) is 0 Å². The van der Waals surface area contributed by atoms with Crippen LogP contribution in [-0.2, 0) is 0 Å². The van der Waals surface area contributed by atoms with Crippen LogP contribution in [0.5, 0.6) is 0 Å². The lowest BCUT2D eigenvalue weighted by molar-refractivity contribution is -0.402. The van der Waals surface area contributed by atoms with Crippen LogP contribution < -0.4 is 5.73 Å². The smallest absolute Gasteiger partial charge is 0.395 e. The number of nitro groups is 1. The molecule has 1 aromatic rings. The Labute approximate surface area is 103 Å². The maximum atomic E-state index is 11.8. The fourth-order valence-corrected chi connectivity index (χ4v) is 1.67. The van der Waals surface area contributed by atoms with Crippen molar-refractivity contribution >= 4 is 24.2 Å². The number of likely N-dealkylation sites (tertiary alicyclic amines) is 1. The van der Waals surface area contributed by atoms with Crippen molar-refractivity contribution < 1.29 is 14.1 Å². The lowest BCUT2D eigenvalue weighted by atomic mass is 10.3. The Bertz CT molecular complexity index is 434. The van der Waals surface area contributed by atoms with Crippen molar-refractivity contribution in [3.8, 4) is 0 Å². The van der Waals surface area contributed by atoms with Crippen molar-refractivity contribution in [1.29, 1.82) is 0 Å². The van der Waals surface area contributed by atoms with Crippen LogP contribution >= 0.6 is 12.4 Å². The maximum Gasteiger partial charge on any atom is 0.433 e. The summed E-state index contributed by atoms with van der Waals surface area (Å²) in [5.41, 5.74) is 5.66. The monoisotopic (exact) mass is 261 g/mol. The Morgan fingerprint density at radius 3 is 2.76 bits per heavy atom. The standard InChI is InChI=1S/C9H11N3O4.ClH/c10-6-3-4-11(5-6)9(13)7-1-2-8(16-7)12(14)15;/h1-2,6H,3-5,10H2;1H/t6-;/m0./s1. The summed E-state index contributed by atoms with van der Waals surface area (Å²) >= 11 is 0. The van der Waals surface area contributed by atoms with Crippen molar-refractivity contribution in [3.05, 3.63) is 28.0 Å². The molecule has 7 nitrogen and oxygen atoms in total. The quantitative estimate of drug-likeness (QED) is 0.626. The van der Waals surface area contributed by atoms with Crippen molar-refractivity contribution in [2.45, 2.75) is 12.5 Å². The molecule has 0 bridgehead atoms. The second kappa shape index (κ2) is 5.15. The van der Waals surface area contributed by atoms with E-state index in [-0.39, 0.29) is 30.1 Å². The van der Waals surface area contributed by atoms with Gasteiger partial charge in [0.15, 0.2) is 5.76 Å². The van der Waals surface area contributed by atoms with E-state index in [0.717, 1.165) is 6.42 Å². The Balaban J connectivity index is 0.00000144. The van der Waals surface area contributed by atoms with Crippen LogP contribution in [0, 0.1) is 10.1 Å². The minimum atomic E-state index is -0.674. The minimum Gasteiger partial charge on any atom is -0.395 e. The van der Waals surface area contributed by atoms with Crippen LogP contribution in [0.3, 0.4) is 0 Å². The van der Waals surface area contributed by atoms with Gasteiger partial charge in [-0.3, -0.25) is 14.9 Å². The molecule has 1 amide bonds. The Morgan fingerprint density at radius 1 is 1.59 bits per heavy atom. The van der Waals surface area contributed by atoms with E-state index < -0.39 is 10.8 Å². The van der Waals surface area contributed by atoms with E-state index in [2.05, 4.69) is 0 Å². The molecule has 2 N–H and O–H groups in total. The van der Waals surface area contributed by atoms with Gasteiger partial charge < -0.3 is 15.1 Å². The number of halogens is 1. The predicted molar refractivity (Wildman–Crippen MR) is 61.1 cm³/mol. The third-order valence-electron chi connectivity index (χ3n) is 2.49. The highest BCUT2D eigenvalue weighted by Crippen LogP contribution is 2.19. The molecule has 0 aromatic carbocycles. The van der Waals surface area contributed by atoms with Crippen molar-refractivity contribution in [2.75, 3.05) is 13.1 Å². The van der Waals surface area contributed by atoms with Crippen LogP contribution in [0.4, 0.5) is 5.88 Å². The first-order valence-corrected chi connectivity index (χ1v) is 4.87. The average molecular weight is 262 g/mol. The summed E-state index contributed by atoms with van der Waals surface area (Å²) < 4.78 is 4.82. The topological polar surface area (TPSA) is 103 Å². The van der Waals surface area contributed by atoms with E-state index in [1.165, 1.54) is 17.0 Å². The third-order valence-corrected chi connectivity index (χ3v) is 2.49. The molecule has 0 radical (unpaired) electrons. The van der Waals surface area contributed by atoms with Crippen LogP contribution in [0.15, 0.2) is 16.5 Å². The number of hydrogen-bond acceptors (Lipinski definition) is 5. The molecule has 94 valence electrons. The molecule has 17 heavy (non-hydrogen) atoms. The molecule has 0 aliphatic carbocycles. The Morgan fingerprint density at radius 2 is 2.29 bits per heavy atom. The summed E-state index contributed by atoms with van der Waals surface area (Å²) in [6.07, 6.45) is 0.745. The summed E-state index contributed by atoms with van der Waals surface area (Å²) in [6, 6.07) is 2.46. The van der Waals surface area contributed by atoms with Crippen molar-refractivity contribution in [2.24, 2.45) is 5.73 Å². The molecule has 0 unspecified atom stereocenters. The first-order chi connectivity index (χ1) is 7.58. The van der Waals surface area contributed by atoms with Crippen LogP contribution in [0.2, 0.25) is 0 Å². The van der Waals surface area contributed by atoms with Gasteiger partial charge in [-0.05, 0) is 12.5 Å². The van der Waals surface area contributed by atoms with Gasteiger partial charge in [-0.1, -0.05) is 0 Å². The number of furan rings is 1. The van der Waals surface area contributed by atoms with Crippen LogP contribution in [0.1, 0.15) is 17.0 Å². The van der Waals surface area contributed by atoms with Gasteiger partial charge in [0.05, 0.1) is 6.07 Å². The van der Waals surface area contributed by atoms with E-state index in [4.69, 9.17) is 10.2 Å². The molecule has 2 rings (SSSR count). The summed E-state index contributed by atoms with van der Waals surface area (Å²) in [5, 5.41) is 10.4. The van der Waals surface area contributed by atoms with Gasteiger partial charge in [0.2, 0.25) is 0 Å². The number of carbonyl (C=O) groups is 1. The zero-order valence-electron chi connectivity index (χ0n) is 8.87. The van der Waals surface area contributed by atoms with Gasteiger partial charge in [-0.15, -0.1) is 12.4 Å². The Hall–Kier alpha value is -1.60. The summed E-state index contributed by atoms with van der Waals surface area (Å²) in [4.78, 5) is 23.0. The molecule has 1 fully saturated rings. The zero-order chi connectivity index (χ0) is 11.7. The minimum absolute atomic E-state index is 0. The van der Waals surface area contributed by atoms with Crippen molar-refractivity contribution in [1.82, 2.24) is 4.90 Å². The lowest BCUT2D eigenvalue weighted by Crippen LogP contribution is -2.31. The highest BCUT2D eigenvalue weighted by Gasteiger charge is 2.27. The third kappa shape index (κ3) is 2.75. The second-order valence-corrected chi connectivity index (χ2v) is 3.69. The largest absolute Gasteiger partial charge is 0.433 e. The van der Waals surface area contributed by atoms with Gasteiger partial charge in [0, 0.05) is 19.1 Å². The van der Waals surface area contributed by atoms with Gasteiger partial charge >= 0.3 is 5.88 Å². The molecule has 1 aromatic heterocycles. The molecular formula is C9H12ClN3O4. The normalized spacial score (nSPS) is 18.9. The Kier molecular flexibility index (Phi) is 4.08. The maximum absolute atomic E-state index is 11.8. The van der Waals surface area contributed by atoms with E-state index >= 15 is 0 Å². The number of rotatable bonds is 2. The molecule has 0 spiro atoms. The highest BCUT2D eigenvalue weighted by molar-refractivity contribution is 5.92. The molecule has 1 aliphatic rings. The highest BCUT2D eigenvalue weighted by atomic mass is 35.5. The molecule has 0 saturated carbocycles. The SMILES string of the molecule is Cl.N[C@H]1CCN(C(=O)c2ccc([N+](=O)[O-])o2)C1. The number of amides is 1. The number of nitrogens with zero attached hydrogens (tertiary/aromatic N) is 2. The number of carbonyl (C=O) groups excluding carboxylic acids is 1. The fraction of sp³-hybridized carbons (Fsp3) is 0.444. The van der Waals surface area contributed by atoms with E-state index in [1.807, 2.05) is 0 Å². The molecular weight excluding hydrogens is 250 g/mol. The molecule has 8 heteroatoms. The lowest BCUT2D eigenvalue weighted by Gasteiger charge is -2.13. The van der Waals surface area contributed by atoms with E-state index in [9.17, 15) is 14.9 Å². The van der Waals surface area contributed by atoms with Gasteiger partial charge in [-0.2, -0.15) is 0 Å². The number of hydrogen-bond donors (Lipinski definition) is 1. The summed E-state index contributed by atoms with van der Waals surface area (Å²) in [6.45, 7) is 1.03. The number of nitrogens with two attached hydrogens (primary N) is 1. The van der Waals surface area contributed by atoms with Gasteiger partial charge in [0.1, 0.15) is 4.92 Å². The fourth-order valence-electron chi connectivity index (χ4n) is 1.67. The molecule has 2 heterocycles. The van der Waals surface area contributed by atoms with E-state index in [0.29, 0.717) is 13.1 Å². The summed E-state index contributed by atoms with van der Waals surface area (Å²) in [5.74, 6) is -0.784. The second-order valence-electron chi connectivity index (χ2n) is 3.69. The predicted octanol–water partition coefficient (Wildman–Crippen LogP) is 0.783. The van der Waals surface area contributed by atoms with Crippen molar-refractivity contribution in [3.63, 3.8) is 0 Å². The average Bonchev–Trinajstić information content (AvgIpc) is 2.84. The van der Waals surface area contributed by atoms with Gasteiger partial charge in [0.25, 0.3) is 5.91 Å². The molecule has 1 aliphatic heterocycles. The first-order valence-electron chi connectivity index (χ1n) is 4.87. The first kappa shape index (κ1) is 13.5. The molecule has 1 atom stereocenters. The van der Waals surface area contributed by atoms with Gasteiger partial charge in [-0.25, -0.2) is 0 Å². The summed E-state index contributed by atoms with van der Waals surface area (Å²) in [7, 11) is 0. The van der Waals surface area contributed by atoms with Crippen LogP contribution in [-0.4, -0.2) is 34.9 Å².